The lowest BCUT2D eigenvalue weighted by atomic mass is 10.00. The molecule has 17 nitrogen and oxygen atoms in total. The van der Waals surface area contributed by atoms with Crippen LogP contribution < -0.4 is 30.6 Å². The van der Waals surface area contributed by atoms with E-state index in [9.17, 15) is 44.4 Å². The van der Waals surface area contributed by atoms with Gasteiger partial charge in [0.15, 0.2) is 21.6 Å². The molecule has 0 atom stereocenters. The number of anilines is 3. The number of halogens is 3. The highest BCUT2D eigenvalue weighted by atomic mass is 32.2. The summed E-state index contributed by atoms with van der Waals surface area (Å²) in [6, 6.07) is 21.3. The Kier molecular flexibility index (Phi) is 16.1. The summed E-state index contributed by atoms with van der Waals surface area (Å²) >= 11 is 0. The Labute approximate surface area is 416 Å². The number of nitrogen functional groups attached to an aromatic ring is 2. The first-order valence-corrected chi connectivity index (χ1v) is 25.1. The number of sulfonamides is 1. The minimum Gasteiger partial charge on any atom is -0.493 e. The van der Waals surface area contributed by atoms with Crippen LogP contribution in [-0.4, -0.2) is 85.3 Å². The standard InChI is InChI=1S/C27H30FN5O5S.C22H21F2N3O4S.5H2/c1-16(2)15-38-19-13-17(12-18(28)14-19)21-9-8-20(25(30-21)33-11-10-22(34)27(33,3)4)26(35)32-39(36,37)24-7-5-6-23(29)31-24;1-13(2)11-31-16-9-14(8-15(23)10-16)18-7-6-17(22(24)26-18)19(28)12-32(29,30)21-5-3-4-20(25)27-21;;;;;/h5-9,12-14,16H,10-11,15H2,1-4H3,(H2,29,31)(H,32,35);3-10,13H,11-12H2,1-2H3,(H2,25,27);5*1H. The van der Waals surface area contributed by atoms with Crippen molar-refractivity contribution in [3.63, 3.8) is 0 Å². The number of hydrogen-bond acceptors (Lipinski definition) is 16. The first-order valence-electron chi connectivity index (χ1n) is 22.0. The number of ketones is 2. The molecular weight excluding hydrogens is 966 g/mol. The average Bonchev–Trinajstić information content (AvgIpc) is 3.57. The van der Waals surface area contributed by atoms with Crippen molar-refractivity contribution < 1.29 is 61.0 Å². The van der Waals surface area contributed by atoms with Gasteiger partial charge in [-0.25, -0.2) is 41.9 Å². The van der Waals surface area contributed by atoms with E-state index < -0.39 is 71.0 Å². The van der Waals surface area contributed by atoms with Crippen LogP contribution in [0.3, 0.4) is 0 Å². The number of Topliss-reactive ketones (excluding diaryl/α,β-unsaturated/α-hetero) is 2. The Hall–Kier alpha value is -7.46. The number of nitrogens with two attached hydrogens (primary N) is 2. The van der Waals surface area contributed by atoms with Crippen LogP contribution in [0.25, 0.3) is 22.5 Å². The molecule has 1 aliphatic rings. The maximum atomic E-state index is 14.6. The molecule has 0 bridgehead atoms. The van der Waals surface area contributed by atoms with E-state index in [4.69, 9.17) is 20.9 Å². The quantitative estimate of drug-likeness (QED) is 0.0606. The third-order valence-corrected chi connectivity index (χ3v) is 13.3. The van der Waals surface area contributed by atoms with Gasteiger partial charge in [-0.15, -0.1) is 0 Å². The Bertz CT molecular complexity index is 3260. The Balaban J connectivity index is 0.000000725. The number of sulfone groups is 1. The fourth-order valence-electron chi connectivity index (χ4n) is 6.97. The summed E-state index contributed by atoms with van der Waals surface area (Å²) in [6.45, 7) is 12.2. The van der Waals surface area contributed by atoms with E-state index in [0.717, 1.165) is 12.1 Å². The van der Waals surface area contributed by atoms with E-state index in [2.05, 4.69) is 19.9 Å². The average molecular weight is 1030 g/mol. The van der Waals surface area contributed by atoms with Crippen LogP contribution in [0.15, 0.2) is 107 Å². The van der Waals surface area contributed by atoms with Gasteiger partial charge >= 0.3 is 0 Å². The normalized spacial score (nSPS) is 13.5. The number of pyridine rings is 4. The van der Waals surface area contributed by atoms with Gasteiger partial charge < -0.3 is 25.8 Å². The molecule has 1 fully saturated rings. The van der Waals surface area contributed by atoms with Crippen molar-refractivity contribution in [1.29, 1.82) is 0 Å². The monoisotopic (exact) mass is 1030 g/mol. The summed E-state index contributed by atoms with van der Waals surface area (Å²) in [7, 11) is -8.50. The minimum atomic E-state index is -4.37. The van der Waals surface area contributed by atoms with Gasteiger partial charge in [-0.3, -0.25) is 14.4 Å². The number of carbonyl (C=O) groups excluding carboxylic acids is 3. The zero-order chi connectivity index (χ0) is 52.0. The molecule has 6 aromatic rings. The Morgan fingerprint density at radius 2 is 1.23 bits per heavy atom. The van der Waals surface area contributed by atoms with Gasteiger partial charge in [0.2, 0.25) is 15.8 Å². The van der Waals surface area contributed by atoms with Gasteiger partial charge in [0.1, 0.15) is 46.3 Å². The van der Waals surface area contributed by atoms with E-state index >= 15 is 0 Å². The molecule has 71 heavy (non-hydrogen) atoms. The first-order chi connectivity index (χ1) is 33.3. The Morgan fingerprint density at radius 1 is 0.718 bits per heavy atom. The molecule has 4 aromatic heterocycles. The summed E-state index contributed by atoms with van der Waals surface area (Å²) < 4.78 is 107. The molecule has 0 radical (unpaired) electrons. The number of rotatable bonds is 16. The number of nitrogens with zero attached hydrogens (tertiary/aromatic N) is 5. The number of carbonyl (C=O) groups is 3. The van der Waals surface area contributed by atoms with Crippen molar-refractivity contribution in [2.45, 2.75) is 63.6 Å². The van der Waals surface area contributed by atoms with Crippen LogP contribution in [0.2, 0.25) is 0 Å². The molecule has 0 spiro atoms. The van der Waals surface area contributed by atoms with Crippen LogP contribution in [0.1, 0.15) is 75.8 Å². The molecule has 5 heterocycles. The second kappa shape index (κ2) is 21.7. The second-order valence-electron chi connectivity index (χ2n) is 17.7. The molecule has 1 amide bonds. The van der Waals surface area contributed by atoms with E-state index in [1.165, 1.54) is 78.9 Å². The van der Waals surface area contributed by atoms with Gasteiger partial charge in [0.05, 0.1) is 41.3 Å². The number of hydrogen-bond donors (Lipinski definition) is 3. The van der Waals surface area contributed by atoms with E-state index in [0.29, 0.717) is 30.2 Å². The first kappa shape index (κ1) is 52.9. The number of benzene rings is 2. The van der Waals surface area contributed by atoms with Crippen molar-refractivity contribution in [3.8, 4) is 34.0 Å². The second-order valence-corrected chi connectivity index (χ2v) is 21.2. The van der Waals surface area contributed by atoms with Gasteiger partial charge in [-0.05, 0) is 98.5 Å². The molecule has 22 heteroatoms. The lowest BCUT2D eigenvalue weighted by molar-refractivity contribution is -0.120. The summed E-state index contributed by atoms with van der Waals surface area (Å²) in [5.41, 5.74) is 10.5. The molecule has 1 saturated heterocycles. The molecule has 5 N–H and O–H groups in total. The molecule has 384 valence electrons. The number of aromatic nitrogens is 4. The summed E-state index contributed by atoms with van der Waals surface area (Å²) in [4.78, 5) is 55.8. The molecule has 0 unspecified atom stereocenters. The molecular formula is C49H61F3N8O9S2. The van der Waals surface area contributed by atoms with E-state index in [1.54, 1.807) is 24.8 Å². The number of amides is 1. The molecule has 1 aliphatic heterocycles. The van der Waals surface area contributed by atoms with Gasteiger partial charge in [0.25, 0.3) is 15.9 Å². The van der Waals surface area contributed by atoms with Gasteiger partial charge in [-0.1, -0.05) is 39.8 Å². The highest BCUT2D eigenvalue weighted by Gasteiger charge is 2.42. The molecule has 0 saturated carbocycles. The lowest BCUT2D eigenvalue weighted by Gasteiger charge is -2.32. The highest BCUT2D eigenvalue weighted by Crippen LogP contribution is 2.35. The maximum Gasteiger partial charge on any atom is 0.281 e. The van der Waals surface area contributed by atoms with Crippen LogP contribution in [0.5, 0.6) is 11.5 Å². The van der Waals surface area contributed by atoms with Gasteiger partial charge in [0, 0.05) is 43.4 Å². The smallest absolute Gasteiger partial charge is 0.281 e. The van der Waals surface area contributed by atoms with E-state index in [-0.39, 0.29) is 82.8 Å². The summed E-state index contributed by atoms with van der Waals surface area (Å²) in [6.07, 6.45) is 0.221. The largest absolute Gasteiger partial charge is 0.493 e. The zero-order valence-corrected chi connectivity index (χ0v) is 41.1. The predicted octanol–water partition coefficient (Wildman–Crippen LogP) is 8.50. The van der Waals surface area contributed by atoms with Crippen molar-refractivity contribution >= 4 is 54.8 Å². The fraction of sp³-hybridized carbons (Fsp3) is 0.286. The molecule has 2 aromatic carbocycles. The van der Waals surface area contributed by atoms with Crippen molar-refractivity contribution in [2.75, 3.05) is 41.9 Å². The number of ether oxygens (including phenoxy) is 2. The van der Waals surface area contributed by atoms with E-state index in [1.807, 2.05) is 32.4 Å². The third-order valence-electron chi connectivity index (χ3n) is 10.6. The van der Waals surface area contributed by atoms with Gasteiger partial charge in [-0.2, -0.15) is 12.8 Å². The van der Waals surface area contributed by atoms with Crippen LogP contribution in [-0.2, 0) is 24.7 Å². The highest BCUT2D eigenvalue weighted by molar-refractivity contribution is 7.92. The Morgan fingerprint density at radius 3 is 1.72 bits per heavy atom. The van der Waals surface area contributed by atoms with Crippen LogP contribution in [0, 0.1) is 29.4 Å². The van der Waals surface area contributed by atoms with Crippen molar-refractivity contribution in [1.82, 2.24) is 24.7 Å². The number of nitrogens with one attached hydrogen (secondary N) is 1. The van der Waals surface area contributed by atoms with Crippen LogP contribution in [0.4, 0.5) is 30.6 Å². The summed E-state index contributed by atoms with van der Waals surface area (Å²) in [5.74, 6) is -4.26. The maximum absolute atomic E-state index is 14.6. The third kappa shape index (κ3) is 13.2. The fourth-order valence-corrected chi connectivity index (χ4v) is 9.09. The zero-order valence-electron chi connectivity index (χ0n) is 39.4. The van der Waals surface area contributed by atoms with Crippen molar-refractivity contribution in [2.24, 2.45) is 11.8 Å². The topological polar surface area (TPSA) is 257 Å². The molecule has 7 rings (SSSR count). The molecule has 0 aliphatic carbocycles. The lowest BCUT2D eigenvalue weighted by Crippen LogP contribution is -2.44. The van der Waals surface area contributed by atoms with Crippen molar-refractivity contribution in [3.05, 3.63) is 126 Å². The van der Waals surface area contributed by atoms with Crippen LogP contribution >= 0.6 is 0 Å². The predicted molar refractivity (Wildman–Crippen MR) is 270 cm³/mol. The summed E-state index contributed by atoms with van der Waals surface area (Å²) in [5, 5.41) is -0.808. The SMILES string of the molecule is CC(C)COc1cc(F)cc(-c2ccc(C(=O)CS(=O)(=O)c3cccc(N)n3)c(F)n2)c1.CC(C)COc1cc(F)cc(-c2ccc(C(=O)NS(=O)(=O)c3cccc(N)n3)c(N3CCC(=O)C3(C)C)n2)c1.[HH].[HH].[HH].[HH].[HH]. The minimum absolute atomic E-state index is 0.